The molecule has 0 atom stereocenters. The fraction of sp³-hybridized carbons (Fsp3) is 0.636. The molecule has 2 N–H and O–H groups in total. The number of imidazole rings is 1. The Hall–Kier alpha value is -1.10. The fourth-order valence-corrected chi connectivity index (χ4v) is 1.72. The number of aryl methyl sites for hydroxylation is 1. The van der Waals surface area contributed by atoms with E-state index in [1.54, 1.807) is 9.13 Å². The minimum atomic E-state index is 0.0605. The van der Waals surface area contributed by atoms with Gasteiger partial charge in [0.15, 0.2) is 0 Å². The van der Waals surface area contributed by atoms with E-state index in [4.69, 9.17) is 18.0 Å². The van der Waals surface area contributed by atoms with Crippen molar-refractivity contribution < 1.29 is 0 Å². The van der Waals surface area contributed by atoms with Crippen LogP contribution in [0.3, 0.4) is 0 Å². The third kappa shape index (κ3) is 3.48. The van der Waals surface area contributed by atoms with Gasteiger partial charge in [0.05, 0.1) is 4.99 Å². The minimum absolute atomic E-state index is 0.0605. The number of unbranched alkanes of at least 4 members (excludes halogenated alkanes) is 1. The van der Waals surface area contributed by atoms with Gasteiger partial charge in [-0.1, -0.05) is 12.2 Å². The first-order chi connectivity index (χ1) is 7.52. The maximum Gasteiger partial charge on any atom is 0.328 e. The van der Waals surface area contributed by atoms with Crippen LogP contribution < -0.4 is 11.4 Å². The fourth-order valence-electron chi connectivity index (χ4n) is 1.57. The van der Waals surface area contributed by atoms with E-state index in [9.17, 15) is 4.79 Å². The van der Waals surface area contributed by atoms with Crippen LogP contribution in [0.2, 0.25) is 0 Å². The second-order valence-electron chi connectivity index (χ2n) is 4.20. The van der Waals surface area contributed by atoms with Crippen molar-refractivity contribution in [3.8, 4) is 0 Å². The van der Waals surface area contributed by atoms with Crippen LogP contribution in [0.25, 0.3) is 0 Å². The molecule has 0 amide bonds. The topological polar surface area (TPSA) is 52.9 Å². The van der Waals surface area contributed by atoms with Gasteiger partial charge in [-0.2, -0.15) is 0 Å². The number of nitrogens with zero attached hydrogens (tertiary/aromatic N) is 2. The summed E-state index contributed by atoms with van der Waals surface area (Å²) >= 11 is 4.79. The van der Waals surface area contributed by atoms with Crippen LogP contribution in [0.1, 0.15) is 39.2 Å². The van der Waals surface area contributed by atoms with Crippen molar-refractivity contribution in [1.29, 1.82) is 0 Å². The van der Waals surface area contributed by atoms with Crippen LogP contribution in [0.5, 0.6) is 0 Å². The largest absolute Gasteiger partial charge is 0.393 e. The van der Waals surface area contributed by atoms with Crippen LogP contribution in [0, 0.1) is 0 Å². The van der Waals surface area contributed by atoms with Gasteiger partial charge in [0.25, 0.3) is 0 Å². The molecule has 0 aliphatic carbocycles. The number of rotatable bonds is 6. The SMILES string of the molecule is CC(C)n1ccn(CCCCC(N)=S)c1=O. The zero-order valence-electron chi connectivity index (χ0n) is 9.85. The van der Waals surface area contributed by atoms with Gasteiger partial charge in [0, 0.05) is 25.0 Å². The lowest BCUT2D eigenvalue weighted by Crippen LogP contribution is -2.25. The normalized spacial score (nSPS) is 10.9. The zero-order valence-corrected chi connectivity index (χ0v) is 10.7. The maximum atomic E-state index is 11.8. The Balaban J connectivity index is 2.49. The number of hydrogen-bond acceptors (Lipinski definition) is 2. The van der Waals surface area contributed by atoms with Crippen LogP contribution in [-0.2, 0) is 6.54 Å². The summed E-state index contributed by atoms with van der Waals surface area (Å²) in [6.45, 7) is 4.73. The van der Waals surface area contributed by atoms with E-state index in [-0.39, 0.29) is 11.7 Å². The lowest BCUT2D eigenvalue weighted by molar-refractivity contribution is 0.537. The first-order valence-electron chi connectivity index (χ1n) is 5.58. The van der Waals surface area contributed by atoms with Gasteiger partial charge in [-0.15, -0.1) is 0 Å². The molecule has 4 nitrogen and oxygen atoms in total. The molecular weight excluding hydrogens is 222 g/mol. The van der Waals surface area contributed by atoms with Crippen molar-refractivity contribution in [3.63, 3.8) is 0 Å². The van der Waals surface area contributed by atoms with Gasteiger partial charge in [-0.3, -0.25) is 9.13 Å². The third-order valence-corrected chi connectivity index (χ3v) is 2.71. The van der Waals surface area contributed by atoms with Gasteiger partial charge in [0.2, 0.25) is 0 Å². The number of nitrogens with two attached hydrogens (primary N) is 1. The average Bonchev–Trinajstić information content (AvgIpc) is 2.54. The number of thiocarbonyl (C=S) groups is 1. The highest BCUT2D eigenvalue weighted by Crippen LogP contribution is 2.01. The van der Waals surface area contributed by atoms with E-state index < -0.39 is 0 Å². The summed E-state index contributed by atoms with van der Waals surface area (Å²) in [6, 6.07) is 0.213. The van der Waals surface area contributed by atoms with Crippen molar-refractivity contribution >= 4 is 17.2 Å². The molecule has 16 heavy (non-hydrogen) atoms. The van der Waals surface area contributed by atoms with Crippen molar-refractivity contribution in [2.45, 2.75) is 45.7 Å². The number of hydrogen-bond donors (Lipinski definition) is 1. The minimum Gasteiger partial charge on any atom is -0.393 e. The van der Waals surface area contributed by atoms with E-state index in [2.05, 4.69) is 0 Å². The van der Waals surface area contributed by atoms with Crippen LogP contribution >= 0.6 is 12.2 Å². The first-order valence-corrected chi connectivity index (χ1v) is 5.98. The highest BCUT2D eigenvalue weighted by atomic mass is 32.1. The summed E-state index contributed by atoms with van der Waals surface area (Å²) in [6.07, 6.45) is 6.30. The van der Waals surface area contributed by atoms with E-state index in [0.717, 1.165) is 25.8 Å². The summed E-state index contributed by atoms with van der Waals surface area (Å²) in [5.74, 6) is 0. The molecule has 1 rings (SSSR count). The lowest BCUT2D eigenvalue weighted by atomic mass is 10.2. The molecule has 0 radical (unpaired) electrons. The second kappa shape index (κ2) is 5.84. The Morgan fingerprint density at radius 3 is 2.62 bits per heavy atom. The highest BCUT2D eigenvalue weighted by Gasteiger charge is 2.05. The molecule has 0 spiro atoms. The highest BCUT2D eigenvalue weighted by molar-refractivity contribution is 7.80. The summed E-state index contributed by atoms with van der Waals surface area (Å²) in [5.41, 5.74) is 5.46. The average molecular weight is 241 g/mol. The second-order valence-corrected chi connectivity index (χ2v) is 4.72. The summed E-state index contributed by atoms with van der Waals surface area (Å²) in [4.78, 5) is 12.4. The van der Waals surface area contributed by atoms with Crippen LogP contribution in [-0.4, -0.2) is 14.1 Å². The molecule has 5 heteroatoms. The maximum absolute atomic E-state index is 11.8. The predicted octanol–water partition coefficient (Wildman–Crippen LogP) is 1.69. The lowest BCUT2D eigenvalue weighted by Gasteiger charge is -2.04. The van der Waals surface area contributed by atoms with Crippen molar-refractivity contribution in [2.75, 3.05) is 0 Å². The molecule has 0 aliphatic heterocycles. The molecule has 0 aromatic carbocycles. The third-order valence-electron chi connectivity index (χ3n) is 2.50. The van der Waals surface area contributed by atoms with Crippen molar-refractivity contribution in [3.05, 3.63) is 22.9 Å². The quantitative estimate of drug-likeness (QED) is 0.609. The smallest absolute Gasteiger partial charge is 0.328 e. The van der Waals surface area contributed by atoms with Gasteiger partial charge < -0.3 is 5.73 Å². The van der Waals surface area contributed by atoms with Gasteiger partial charge in [0.1, 0.15) is 0 Å². The zero-order chi connectivity index (χ0) is 12.1. The Bertz CT molecular complexity index is 406. The summed E-state index contributed by atoms with van der Waals surface area (Å²) in [5, 5.41) is 0. The van der Waals surface area contributed by atoms with E-state index in [1.807, 2.05) is 26.2 Å². The summed E-state index contributed by atoms with van der Waals surface area (Å²) < 4.78 is 3.47. The molecule has 1 aromatic heterocycles. The Morgan fingerprint density at radius 2 is 2.12 bits per heavy atom. The van der Waals surface area contributed by atoms with Crippen molar-refractivity contribution in [1.82, 2.24) is 9.13 Å². The van der Waals surface area contributed by atoms with Crippen LogP contribution in [0.4, 0.5) is 0 Å². The predicted molar refractivity (Wildman–Crippen MR) is 69.7 cm³/mol. The molecule has 0 fully saturated rings. The Kier molecular flexibility index (Phi) is 4.73. The standard InChI is InChI=1S/C11H19N3OS/c1-9(2)14-8-7-13(11(14)15)6-4-3-5-10(12)16/h7-9H,3-6H2,1-2H3,(H2,12,16). The van der Waals surface area contributed by atoms with Crippen LogP contribution in [0.15, 0.2) is 17.2 Å². The van der Waals surface area contributed by atoms with E-state index >= 15 is 0 Å². The molecular formula is C11H19N3OS. The van der Waals surface area contributed by atoms with Gasteiger partial charge >= 0.3 is 5.69 Å². The van der Waals surface area contributed by atoms with Crippen molar-refractivity contribution in [2.24, 2.45) is 5.73 Å². The molecule has 1 heterocycles. The van der Waals surface area contributed by atoms with Gasteiger partial charge in [-0.05, 0) is 33.1 Å². The Labute approximate surface area is 101 Å². The molecule has 0 bridgehead atoms. The molecule has 0 aliphatic rings. The van der Waals surface area contributed by atoms with E-state index in [1.165, 1.54) is 0 Å². The van der Waals surface area contributed by atoms with E-state index in [0.29, 0.717) is 4.99 Å². The summed E-state index contributed by atoms with van der Waals surface area (Å²) in [7, 11) is 0. The first kappa shape index (κ1) is 13.0. The molecule has 0 unspecified atom stereocenters. The molecule has 0 saturated carbocycles. The molecule has 90 valence electrons. The molecule has 1 aromatic rings. The Morgan fingerprint density at radius 1 is 1.44 bits per heavy atom. The number of aromatic nitrogens is 2. The van der Waals surface area contributed by atoms with Gasteiger partial charge in [-0.25, -0.2) is 4.79 Å². The monoisotopic (exact) mass is 241 g/mol. The molecule has 0 saturated heterocycles.